The van der Waals surface area contributed by atoms with Crippen molar-refractivity contribution in [2.45, 2.75) is 51.0 Å². The van der Waals surface area contributed by atoms with Crippen molar-refractivity contribution in [2.24, 2.45) is 0 Å². The number of benzene rings is 1. The fraction of sp³-hybridized carbons (Fsp3) is 0.579. The van der Waals surface area contributed by atoms with Crippen molar-refractivity contribution in [3.8, 4) is 11.5 Å². The van der Waals surface area contributed by atoms with Gasteiger partial charge in [0.2, 0.25) is 0 Å². The Morgan fingerprint density at radius 2 is 1.56 bits per heavy atom. The number of carbonyl (C=O) groups is 2. The lowest BCUT2D eigenvalue weighted by Crippen LogP contribution is -2.38. The van der Waals surface area contributed by atoms with Gasteiger partial charge in [0.25, 0.3) is 5.91 Å². The lowest BCUT2D eigenvalue weighted by Gasteiger charge is -2.20. The lowest BCUT2D eigenvalue weighted by molar-refractivity contribution is -0.150. The number of carbonyl (C=O) groups excluding carboxylic acids is 2. The Balaban J connectivity index is 1.63. The standard InChI is InChI=1S/C19H27NO5/c1-23-16-9-11-17(12-10-16)24-14-19(22)25-13-18(21)20-15-7-5-3-2-4-6-8-15/h9-12,15H,2-8,13-14H2,1H3,(H,20,21). The molecule has 0 bridgehead atoms. The van der Waals surface area contributed by atoms with Gasteiger partial charge in [0.15, 0.2) is 13.2 Å². The number of hydrogen-bond acceptors (Lipinski definition) is 5. The smallest absolute Gasteiger partial charge is 0.344 e. The molecular formula is C19H27NO5. The number of hydrogen-bond donors (Lipinski definition) is 1. The van der Waals surface area contributed by atoms with Gasteiger partial charge in [-0.2, -0.15) is 0 Å². The lowest BCUT2D eigenvalue weighted by atomic mass is 9.97. The minimum atomic E-state index is -0.566. The number of ether oxygens (including phenoxy) is 3. The van der Waals surface area contributed by atoms with Gasteiger partial charge in [-0.15, -0.1) is 0 Å². The molecule has 1 fully saturated rings. The number of nitrogens with one attached hydrogen (secondary N) is 1. The Bertz CT molecular complexity index is 535. The highest BCUT2D eigenvalue weighted by Gasteiger charge is 2.15. The molecule has 138 valence electrons. The molecule has 2 rings (SSSR count). The zero-order valence-corrected chi connectivity index (χ0v) is 14.8. The second-order valence-corrected chi connectivity index (χ2v) is 6.23. The van der Waals surface area contributed by atoms with Gasteiger partial charge in [-0.05, 0) is 37.1 Å². The highest BCUT2D eigenvalue weighted by atomic mass is 16.6. The molecule has 1 saturated carbocycles. The maximum absolute atomic E-state index is 11.9. The summed E-state index contributed by atoms with van der Waals surface area (Å²) in [6.45, 7) is -0.496. The minimum Gasteiger partial charge on any atom is -0.497 e. The van der Waals surface area contributed by atoms with Gasteiger partial charge in [0.05, 0.1) is 7.11 Å². The number of esters is 1. The molecule has 1 aromatic rings. The van der Waals surface area contributed by atoms with E-state index in [1.54, 1.807) is 31.4 Å². The van der Waals surface area contributed by atoms with Gasteiger partial charge in [-0.1, -0.05) is 32.1 Å². The third-order valence-corrected chi connectivity index (χ3v) is 4.25. The van der Waals surface area contributed by atoms with E-state index in [4.69, 9.17) is 14.2 Å². The van der Waals surface area contributed by atoms with E-state index in [1.165, 1.54) is 19.3 Å². The first-order valence-electron chi connectivity index (χ1n) is 8.89. The molecule has 0 spiro atoms. The van der Waals surface area contributed by atoms with Gasteiger partial charge < -0.3 is 19.5 Å². The van der Waals surface area contributed by atoms with Crippen molar-refractivity contribution < 1.29 is 23.8 Å². The van der Waals surface area contributed by atoms with E-state index in [9.17, 15) is 9.59 Å². The summed E-state index contributed by atoms with van der Waals surface area (Å²) in [5.74, 6) is 0.435. The van der Waals surface area contributed by atoms with Crippen molar-refractivity contribution >= 4 is 11.9 Å². The zero-order chi connectivity index (χ0) is 17.9. The fourth-order valence-electron chi connectivity index (χ4n) is 2.87. The van der Waals surface area contributed by atoms with Crippen LogP contribution in [-0.4, -0.2) is 38.2 Å². The molecule has 0 atom stereocenters. The van der Waals surface area contributed by atoms with E-state index < -0.39 is 5.97 Å². The molecule has 25 heavy (non-hydrogen) atoms. The number of rotatable bonds is 7. The van der Waals surface area contributed by atoms with Crippen LogP contribution >= 0.6 is 0 Å². The maximum Gasteiger partial charge on any atom is 0.344 e. The summed E-state index contributed by atoms with van der Waals surface area (Å²) in [6, 6.07) is 7.08. The van der Waals surface area contributed by atoms with Gasteiger partial charge in [0.1, 0.15) is 11.5 Å². The predicted octanol–water partition coefficient (Wildman–Crippen LogP) is 2.85. The molecule has 1 aliphatic rings. The van der Waals surface area contributed by atoms with Crippen LogP contribution in [-0.2, 0) is 14.3 Å². The molecule has 0 saturated heterocycles. The quantitative estimate of drug-likeness (QED) is 0.766. The van der Waals surface area contributed by atoms with Crippen LogP contribution < -0.4 is 14.8 Å². The monoisotopic (exact) mass is 349 g/mol. The Hall–Kier alpha value is -2.24. The molecule has 0 aromatic heterocycles. The Morgan fingerprint density at radius 3 is 2.20 bits per heavy atom. The van der Waals surface area contributed by atoms with E-state index in [-0.39, 0.29) is 25.2 Å². The van der Waals surface area contributed by atoms with Crippen molar-refractivity contribution in [1.82, 2.24) is 5.32 Å². The van der Waals surface area contributed by atoms with Crippen molar-refractivity contribution in [2.75, 3.05) is 20.3 Å². The zero-order valence-electron chi connectivity index (χ0n) is 14.8. The average Bonchev–Trinajstić information content (AvgIpc) is 2.61. The third-order valence-electron chi connectivity index (χ3n) is 4.25. The number of methoxy groups -OCH3 is 1. The van der Waals surface area contributed by atoms with Crippen LogP contribution in [0.15, 0.2) is 24.3 Å². The van der Waals surface area contributed by atoms with Crippen molar-refractivity contribution in [1.29, 1.82) is 0 Å². The van der Waals surface area contributed by atoms with Crippen molar-refractivity contribution in [3.05, 3.63) is 24.3 Å². The van der Waals surface area contributed by atoms with E-state index >= 15 is 0 Å². The average molecular weight is 349 g/mol. The molecule has 6 nitrogen and oxygen atoms in total. The summed E-state index contributed by atoms with van der Waals surface area (Å²) >= 11 is 0. The van der Waals surface area contributed by atoms with E-state index in [1.807, 2.05) is 0 Å². The fourth-order valence-corrected chi connectivity index (χ4v) is 2.87. The van der Waals surface area contributed by atoms with Crippen LogP contribution in [0.3, 0.4) is 0 Å². The SMILES string of the molecule is COc1ccc(OCC(=O)OCC(=O)NC2CCCCCCC2)cc1. The second kappa shape index (κ2) is 10.6. The Morgan fingerprint density at radius 1 is 0.960 bits per heavy atom. The van der Waals surface area contributed by atoms with E-state index in [2.05, 4.69) is 5.32 Å². The Kier molecular flexibility index (Phi) is 8.09. The highest BCUT2D eigenvalue weighted by Crippen LogP contribution is 2.17. The van der Waals surface area contributed by atoms with Crippen LogP contribution in [0.25, 0.3) is 0 Å². The molecule has 6 heteroatoms. The Labute approximate surface area is 148 Å². The van der Waals surface area contributed by atoms with E-state index in [0.717, 1.165) is 25.7 Å². The minimum absolute atomic E-state index is 0.196. The second-order valence-electron chi connectivity index (χ2n) is 6.23. The van der Waals surface area contributed by atoms with Crippen LogP contribution in [0.4, 0.5) is 0 Å². The molecule has 1 aromatic carbocycles. The first-order valence-corrected chi connectivity index (χ1v) is 8.89. The molecule has 1 amide bonds. The molecular weight excluding hydrogens is 322 g/mol. The topological polar surface area (TPSA) is 73.9 Å². The van der Waals surface area contributed by atoms with E-state index in [0.29, 0.717) is 11.5 Å². The summed E-state index contributed by atoms with van der Waals surface area (Å²) in [7, 11) is 1.58. The van der Waals surface area contributed by atoms with Crippen LogP contribution in [0, 0.1) is 0 Å². The molecule has 0 aliphatic heterocycles. The van der Waals surface area contributed by atoms with Gasteiger partial charge in [-0.25, -0.2) is 4.79 Å². The van der Waals surface area contributed by atoms with Crippen LogP contribution in [0.5, 0.6) is 11.5 Å². The molecule has 1 N–H and O–H groups in total. The maximum atomic E-state index is 11.9. The summed E-state index contributed by atoms with van der Waals surface area (Å²) in [6.07, 6.45) is 8.02. The highest BCUT2D eigenvalue weighted by molar-refractivity contribution is 5.81. The van der Waals surface area contributed by atoms with Gasteiger partial charge in [-0.3, -0.25) is 4.79 Å². The number of amides is 1. The van der Waals surface area contributed by atoms with Gasteiger partial charge >= 0.3 is 5.97 Å². The summed E-state index contributed by atoms with van der Waals surface area (Å²) in [4.78, 5) is 23.6. The summed E-state index contributed by atoms with van der Waals surface area (Å²) < 4.78 is 15.3. The molecule has 0 radical (unpaired) electrons. The molecule has 1 aliphatic carbocycles. The van der Waals surface area contributed by atoms with Crippen molar-refractivity contribution in [3.63, 3.8) is 0 Å². The van der Waals surface area contributed by atoms with Crippen LogP contribution in [0.2, 0.25) is 0 Å². The predicted molar refractivity (Wildman–Crippen MR) is 93.7 cm³/mol. The summed E-state index contributed by atoms with van der Waals surface area (Å²) in [5, 5.41) is 2.96. The molecule has 0 heterocycles. The third kappa shape index (κ3) is 7.45. The largest absolute Gasteiger partial charge is 0.497 e. The first kappa shape index (κ1) is 19.1. The normalized spacial score (nSPS) is 15.6. The molecule has 0 unspecified atom stereocenters. The first-order chi connectivity index (χ1) is 12.2. The summed E-state index contributed by atoms with van der Waals surface area (Å²) in [5.41, 5.74) is 0. The van der Waals surface area contributed by atoms with Gasteiger partial charge in [0, 0.05) is 6.04 Å². The van der Waals surface area contributed by atoms with Crippen LogP contribution in [0.1, 0.15) is 44.9 Å².